The number of imide groups is 2. The summed E-state index contributed by atoms with van der Waals surface area (Å²) < 4.78 is 0. The van der Waals surface area contributed by atoms with Gasteiger partial charge in [0.1, 0.15) is 0 Å². The molecule has 0 N–H and O–H groups in total. The van der Waals surface area contributed by atoms with Gasteiger partial charge in [-0.1, -0.05) is 40.5 Å². The lowest BCUT2D eigenvalue weighted by atomic mass is 10.1. The van der Waals surface area contributed by atoms with Crippen LogP contribution >= 0.6 is 23.5 Å². The van der Waals surface area contributed by atoms with Crippen LogP contribution in [0.2, 0.25) is 0 Å². The zero-order valence-electron chi connectivity index (χ0n) is 20.6. The molecule has 2 atom stereocenters. The average Bonchev–Trinajstić information content (AvgIpc) is 3.22. The predicted octanol–water partition coefficient (Wildman–Crippen LogP) is 5.29. The van der Waals surface area contributed by atoms with Crippen molar-refractivity contribution in [2.75, 3.05) is 21.3 Å². The minimum atomic E-state index is -0.338. The Morgan fingerprint density at radius 3 is 1.38 bits per heavy atom. The normalized spacial score (nSPS) is 21.1. The van der Waals surface area contributed by atoms with Crippen LogP contribution in [0.5, 0.6) is 0 Å². The van der Waals surface area contributed by atoms with Crippen LogP contribution in [0.25, 0.3) is 0 Å². The second kappa shape index (κ2) is 12.2. The fourth-order valence-corrected chi connectivity index (χ4v) is 6.45. The van der Waals surface area contributed by atoms with Gasteiger partial charge in [0.2, 0.25) is 23.6 Å². The summed E-state index contributed by atoms with van der Waals surface area (Å²) in [7, 11) is 0. The molecule has 3 rings (SSSR count). The first-order valence-electron chi connectivity index (χ1n) is 12.3. The average molecular weight is 505 g/mol. The van der Waals surface area contributed by atoms with Crippen molar-refractivity contribution in [2.24, 2.45) is 11.8 Å². The van der Waals surface area contributed by atoms with E-state index in [1.165, 1.54) is 9.80 Å². The molecule has 4 amide bonds. The fraction of sp³-hybridized carbons (Fsp3) is 0.615. The van der Waals surface area contributed by atoms with E-state index in [1.54, 1.807) is 47.8 Å². The van der Waals surface area contributed by atoms with Crippen LogP contribution in [-0.4, -0.2) is 45.6 Å². The maximum atomic E-state index is 12.9. The van der Waals surface area contributed by atoms with Gasteiger partial charge < -0.3 is 0 Å². The number of amides is 4. The summed E-state index contributed by atoms with van der Waals surface area (Å²) in [5.74, 6) is 2.22. The molecule has 1 aromatic carbocycles. The van der Waals surface area contributed by atoms with E-state index in [1.807, 2.05) is 0 Å². The zero-order valence-corrected chi connectivity index (χ0v) is 22.3. The molecule has 0 radical (unpaired) electrons. The molecule has 1 aromatic rings. The summed E-state index contributed by atoms with van der Waals surface area (Å²) >= 11 is 3.12. The molecule has 8 heteroatoms. The number of rotatable bonds is 12. The number of carbonyl (C=O) groups excluding carboxylic acids is 4. The highest BCUT2D eigenvalue weighted by atomic mass is 32.2. The highest BCUT2D eigenvalue weighted by Crippen LogP contribution is 2.34. The van der Waals surface area contributed by atoms with E-state index in [0.29, 0.717) is 23.2 Å². The van der Waals surface area contributed by atoms with E-state index >= 15 is 0 Å². The Kier molecular flexibility index (Phi) is 9.65. The maximum Gasteiger partial charge on any atom is 0.247 e. The van der Waals surface area contributed by atoms with Gasteiger partial charge in [-0.3, -0.25) is 19.2 Å². The van der Waals surface area contributed by atoms with Crippen LogP contribution in [0.1, 0.15) is 66.2 Å². The monoisotopic (exact) mass is 504 g/mol. The van der Waals surface area contributed by atoms with Crippen LogP contribution in [0.15, 0.2) is 24.3 Å². The van der Waals surface area contributed by atoms with Crippen LogP contribution in [-0.2, 0) is 19.2 Å². The molecule has 0 aliphatic carbocycles. The molecule has 2 aliphatic heterocycles. The Bertz CT molecular complexity index is 828. The number of benzene rings is 1. The minimum absolute atomic E-state index is 0.182. The van der Waals surface area contributed by atoms with Gasteiger partial charge in [-0.25, -0.2) is 9.80 Å². The van der Waals surface area contributed by atoms with Crippen molar-refractivity contribution >= 4 is 58.5 Å². The number of hydrogen-bond donors (Lipinski definition) is 0. The van der Waals surface area contributed by atoms with Crippen molar-refractivity contribution in [3.8, 4) is 0 Å². The third-order valence-corrected chi connectivity index (χ3v) is 8.66. The first kappa shape index (κ1) is 26.8. The van der Waals surface area contributed by atoms with Crippen molar-refractivity contribution in [3.05, 3.63) is 24.3 Å². The Hall–Kier alpha value is -1.80. The lowest BCUT2D eigenvalue weighted by molar-refractivity contribution is -0.122. The Morgan fingerprint density at radius 2 is 1.06 bits per heavy atom. The number of hydrogen-bond acceptors (Lipinski definition) is 6. The molecule has 2 fully saturated rings. The largest absolute Gasteiger partial charge is 0.274 e. The SMILES string of the molecule is CC(C)CCCSC1CC(=O)N(c2ccc(N3C(=O)CC(SCCCC(C)C)C3=O)cc2)C1=O. The summed E-state index contributed by atoms with van der Waals surface area (Å²) in [6.07, 6.45) is 4.71. The molecular weight excluding hydrogens is 468 g/mol. The number of carbonyl (C=O) groups is 4. The van der Waals surface area contributed by atoms with Crippen molar-refractivity contribution in [3.63, 3.8) is 0 Å². The van der Waals surface area contributed by atoms with Gasteiger partial charge in [0.25, 0.3) is 0 Å². The quantitative estimate of drug-likeness (QED) is 0.284. The third-order valence-electron chi connectivity index (χ3n) is 6.07. The van der Waals surface area contributed by atoms with E-state index in [4.69, 9.17) is 0 Å². The van der Waals surface area contributed by atoms with Crippen LogP contribution < -0.4 is 9.80 Å². The molecule has 2 unspecified atom stereocenters. The van der Waals surface area contributed by atoms with Crippen LogP contribution in [0.4, 0.5) is 11.4 Å². The van der Waals surface area contributed by atoms with Gasteiger partial charge in [0.05, 0.1) is 21.9 Å². The second-order valence-corrected chi connectivity index (χ2v) is 12.5. The summed E-state index contributed by atoms with van der Waals surface area (Å²) in [5, 5.41) is -0.677. The Labute approximate surface area is 211 Å². The predicted molar refractivity (Wildman–Crippen MR) is 141 cm³/mol. The molecule has 2 aliphatic rings. The van der Waals surface area contributed by atoms with Gasteiger partial charge in [-0.15, -0.1) is 23.5 Å². The molecule has 2 saturated heterocycles. The minimum Gasteiger partial charge on any atom is -0.274 e. The molecule has 2 heterocycles. The highest BCUT2D eigenvalue weighted by molar-refractivity contribution is 8.00. The van der Waals surface area contributed by atoms with E-state index in [-0.39, 0.29) is 47.0 Å². The standard InChI is InChI=1S/C26H36N2O4S2/c1-17(2)7-5-13-33-21-15-23(29)27(25(21)31)19-9-11-20(12-10-19)28-24(30)16-22(26(28)32)34-14-6-8-18(3)4/h9-12,17-18,21-22H,5-8,13-16H2,1-4H3. The van der Waals surface area contributed by atoms with Crippen LogP contribution in [0.3, 0.4) is 0 Å². The van der Waals surface area contributed by atoms with E-state index < -0.39 is 0 Å². The summed E-state index contributed by atoms with van der Waals surface area (Å²) in [4.78, 5) is 53.3. The first-order chi connectivity index (χ1) is 16.2. The Balaban J connectivity index is 1.59. The topological polar surface area (TPSA) is 74.8 Å². The van der Waals surface area contributed by atoms with Gasteiger partial charge in [-0.05, 0) is 60.4 Å². The second-order valence-electron chi connectivity index (χ2n) is 9.85. The van der Waals surface area contributed by atoms with Crippen molar-refractivity contribution in [1.82, 2.24) is 0 Å². The lowest BCUT2D eigenvalue weighted by Gasteiger charge is -2.18. The van der Waals surface area contributed by atoms with E-state index in [2.05, 4.69) is 27.7 Å². The van der Waals surface area contributed by atoms with Crippen molar-refractivity contribution in [1.29, 1.82) is 0 Å². The van der Waals surface area contributed by atoms with Gasteiger partial charge in [-0.2, -0.15) is 0 Å². The van der Waals surface area contributed by atoms with Gasteiger partial charge >= 0.3 is 0 Å². The Morgan fingerprint density at radius 1 is 0.706 bits per heavy atom. The molecule has 0 saturated carbocycles. The lowest BCUT2D eigenvalue weighted by Crippen LogP contribution is -2.32. The summed E-state index contributed by atoms with van der Waals surface area (Å²) in [5.41, 5.74) is 0.977. The van der Waals surface area contributed by atoms with Crippen molar-refractivity contribution in [2.45, 2.75) is 76.7 Å². The smallest absolute Gasteiger partial charge is 0.247 e. The van der Waals surface area contributed by atoms with E-state index in [0.717, 1.165) is 37.2 Å². The molecule has 0 spiro atoms. The first-order valence-corrected chi connectivity index (χ1v) is 14.4. The van der Waals surface area contributed by atoms with Crippen LogP contribution in [0, 0.1) is 11.8 Å². The molecule has 34 heavy (non-hydrogen) atoms. The zero-order chi connectivity index (χ0) is 24.8. The number of anilines is 2. The van der Waals surface area contributed by atoms with E-state index in [9.17, 15) is 19.2 Å². The molecule has 186 valence electrons. The number of thioether (sulfide) groups is 2. The molecule has 0 bridgehead atoms. The highest BCUT2D eigenvalue weighted by Gasteiger charge is 2.41. The number of nitrogens with zero attached hydrogens (tertiary/aromatic N) is 2. The van der Waals surface area contributed by atoms with Crippen molar-refractivity contribution < 1.29 is 19.2 Å². The molecule has 6 nitrogen and oxygen atoms in total. The maximum absolute atomic E-state index is 12.9. The summed E-state index contributed by atoms with van der Waals surface area (Å²) in [6, 6.07) is 6.61. The fourth-order valence-electron chi connectivity index (χ4n) is 4.20. The summed E-state index contributed by atoms with van der Waals surface area (Å²) in [6.45, 7) is 8.71. The van der Waals surface area contributed by atoms with Gasteiger partial charge in [0.15, 0.2) is 0 Å². The molecule has 0 aromatic heterocycles. The van der Waals surface area contributed by atoms with Gasteiger partial charge in [0, 0.05) is 12.8 Å². The molecular formula is C26H36N2O4S2. The third kappa shape index (κ3) is 6.66.